The van der Waals surface area contributed by atoms with Crippen LogP contribution in [0, 0.1) is 29.3 Å². The number of likely N-dealkylation sites (tertiary alicyclic amines) is 1. The third kappa shape index (κ3) is 4.01. The summed E-state index contributed by atoms with van der Waals surface area (Å²) in [5, 5.41) is 3.07. The SMILES string of the molecule is CC(Oc1ccc(F)c(F)c1F)C1CCN(C(=O)C2CC3(CCCC(=O)N3)C2)CC1. The van der Waals surface area contributed by atoms with Crippen molar-refractivity contribution in [2.24, 2.45) is 11.8 Å². The average molecular weight is 424 g/mol. The van der Waals surface area contributed by atoms with E-state index in [2.05, 4.69) is 5.32 Å². The molecule has 0 bridgehead atoms. The minimum absolute atomic E-state index is 0.0371. The van der Waals surface area contributed by atoms with E-state index in [0.29, 0.717) is 45.2 Å². The van der Waals surface area contributed by atoms with Crippen LogP contribution in [0.2, 0.25) is 0 Å². The monoisotopic (exact) mass is 424 g/mol. The minimum Gasteiger partial charge on any atom is -0.487 e. The van der Waals surface area contributed by atoms with E-state index in [-0.39, 0.29) is 41.0 Å². The predicted octanol–water partition coefficient (Wildman–Crippen LogP) is 3.56. The molecule has 1 atom stereocenters. The highest BCUT2D eigenvalue weighted by Gasteiger charge is 2.50. The summed E-state index contributed by atoms with van der Waals surface area (Å²) in [7, 11) is 0. The van der Waals surface area contributed by atoms with Crippen molar-refractivity contribution in [3.05, 3.63) is 29.6 Å². The molecule has 1 spiro atoms. The van der Waals surface area contributed by atoms with Gasteiger partial charge in [0, 0.05) is 31.0 Å². The fourth-order valence-corrected chi connectivity index (χ4v) is 5.12. The summed E-state index contributed by atoms with van der Waals surface area (Å²) in [6.07, 6.45) is 4.85. The van der Waals surface area contributed by atoms with Crippen LogP contribution < -0.4 is 10.1 Å². The van der Waals surface area contributed by atoms with Gasteiger partial charge in [0.1, 0.15) is 0 Å². The van der Waals surface area contributed by atoms with Crippen LogP contribution in [-0.4, -0.2) is 41.4 Å². The lowest BCUT2D eigenvalue weighted by atomic mass is 9.64. The van der Waals surface area contributed by atoms with Gasteiger partial charge in [-0.05, 0) is 63.5 Å². The number of rotatable bonds is 4. The molecule has 30 heavy (non-hydrogen) atoms. The first-order chi connectivity index (χ1) is 14.3. The normalized spacial score (nSPS) is 28.1. The number of carbonyl (C=O) groups is 2. The van der Waals surface area contributed by atoms with Crippen molar-refractivity contribution in [1.82, 2.24) is 10.2 Å². The van der Waals surface area contributed by atoms with Crippen molar-refractivity contribution in [3.8, 4) is 5.75 Å². The zero-order chi connectivity index (χ0) is 21.5. The molecule has 1 aliphatic carbocycles. The second-order valence-corrected chi connectivity index (χ2v) is 8.95. The smallest absolute Gasteiger partial charge is 0.225 e. The quantitative estimate of drug-likeness (QED) is 0.752. The number of benzene rings is 1. The standard InChI is InChI=1S/C22H27F3N2O3/c1-13(30-17-5-4-16(23)19(24)20(17)25)14-6-9-27(10-7-14)21(29)15-11-22(12-15)8-2-3-18(28)26-22/h4-5,13-15H,2-3,6-12H2,1H3,(H,26,28). The van der Waals surface area contributed by atoms with E-state index in [0.717, 1.165) is 25.0 Å². The predicted molar refractivity (Wildman–Crippen MR) is 103 cm³/mol. The number of ether oxygens (including phenoxy) is 1. The summed E-state index contributed by atoms with van der Waals surface area (Å²) in [5.74, 6) is -4.12. The summed E-state index contributed by atoms with van der Waals surface area (Å²) in [5.41, 5.74) is -0.176. The van der Waals surface area contributed by atoms with Gasteiger partial charge in [0.05, 0.1) is 6.10 Å². The molecule has 0 radical (unpaired) electrons. The molecule has 8 heteroatoms. The van der Waals surface area contributed by atoms with Gasteiger partial charge in [0.15, 0.2) is 17.4 Å². The van der Waals surface area contributed by atoms with Gasteiger partial charge in [-0.15, -0.1) is 0 Å². The summed E-state index contributed by atoms with van der Waals surface area (Å²) >= 11 is 0. The molecule has 3 aliphatic rings. The van der Waals surface area contributed by atoms with Crippen molar-refractivity contribution in [3.63, 3.8) is 0 Å². The molecule has 1 N–H and O–H groups in total. The molecule has 1 unspecified atom stereocenters. The molecule has 5 nitrogen and oxygen atoms in total. The third-order valence-electron chi connectivity index (χ3n) is 6.92. The fraction of sp³-hybridized carbons (Fsp3) is 0.636. The number of piperidine rings is 2. The number of nitrogens with one attached hydrogen (secondary N) is 1. The van der Waals surface area contributed by atoms with Crippen LogP contribution in [0.4, 0.5) is 13.2 Å². The second kappa shape index (κ2) is 8.12. The molecule has 2 aliphatic heterocycles. The minimum atomic E-state index is -1.53. The Morgan fingerprint density at radius 1 is 1.20 bits per heavy atom. The summed E-state index contributed by atoms with van der Waals surface area (Å²) in [6.45, 7) is 2.96. The molecule has 1 aromatic rings. The molecular formula is C22H27F3N2O3. The van der Waals surface area contributed by atoms with E-state index >= 15 is 0 Å². The highest BCUT2D eigenvalue weighted by Crippen LogP contribution is 2.44. The van der Waals surface area contributed by atoms with Crippen LogP contribution in [0.15, 0.2) is 12.1 Å². The van der Waals surface area contributed by atoms with Crippen LogP contribution in [0.1, 0.15) is 51.9 Å². The van der Waals surface area contributed by atoms with Gasteiger partial charge >= 0.3 is 0 Å². The molecule has 3 fully saturated rings. The number of hydrogen-bond acceptors (Lipinski definition) is 3. The lowest BCUT2D eigenvalue weighted by Crippen LogP contribution is -2.62. The van der Waals surface area contributed by atoms with Crippen LogP contribution in [0.5, 0.6) is 5.75 Å². The molecule has 0 aromatic heterocycles. The maximum absolute atomic E-state index is 13.8. The molecular weight excluding hydrogens is 397 g/mol. The molecule has 2 saturated heterocycles. The van der Waals surface area contributed by atoms with Crippen molar-refractivity contribution < 1.29 is 27.5 Å². The van der Waals surface area contributed by atoms with Gasteiger partial charge in [-0.3, -0.25) is 9.59 Å². The maximum Gasteiger partial charge on any atom is 0.225 e. The Morgan fingerprint density at radius 2 is 1.90 bits per heavy atom. The van der Waals surface area contributed by atoms with Gasteiger partial charge < -0.3 is 15.0 Å². The van der Waals surface area contributed by atoms with Crippen LogP contribution in [0.25, 0.3) is 0 Å². The summed E-state index contributed by atoms with van der Waals surface area (Å²) in [6, 6.07) is 1.95. The number of carbonyl (C=O) groups excluding carboxylic acids is 2. The molecule has 4 rings (SSSR count). The van der Waals surface area contributed by atoms with E-state index in [9.17, 15) is 22.8 Å². The number of amides is 2. The van der Waals surface area contributed by atoms with E-state index < -0.39 is 17.5 Å². The largest absolute Gasteiger partial charge is 0.487 e. The third-order valence-corrected chi connectivity index (χ3v) is 6.92. The Bertz CT molecular complexity index is 833. The lowest BCUT2D eigenvalue weighted by molar-refractivity contribution is -0.146. The van der Waals surface area contributed by atoms with Gasteiger partial charge in [-0.2, -0.15) is 4.39 Å². The van der Waals surface area contributed by atoms with Gasteiger partial charge in [-0.1, -0.05) is 0 Å². The Balaban J connectivity index is 1.26. The zero-order valence-electron chi connectivity index (χ0n) is 17.1. The highest BCUT2D eigenvalue weighted by molar-refractivity contribution is 5.82. The number of nitrogens with zero attached hydrogens (tertiary/aromatic N) is 1. The first kappa shape index (κ1) is 21.0. The van der Waals surface area contributed by atoms with Crippen LogP contribution in [-0.2, 0) is 9.59 Å². The lowest BCUT2D eigenvalue weighted by Gasteiger charge is -2.51. The zero-order valence-corrected chi connectivity index (χ0v) is 17.1. The second-order valence-electron chi connectivity index (χ2n) is 8.95. The molecule has 1 saturated carbocycles. The number of halogens is 3. The fourth-order valence-electron chi connectivity index (χ4n) is 5.12. The van der Waals surface area contributed by atoms with Gasteiger partial charge in [0.2, 0.25) is 17.6 Å². The van der Waals surface area contributed by atoms with E-state index in [1.54, 1.807) is 6.92 Å². The van der Waals surface area contributed by atoms with E-state index in [1.807, 2.05) is 4.90 Å². The van der Waals surface area contributed by atoms with Gasteiger partial charge in [-0.25, -0.2) is 8.78 Å². The Labute approximate surface area is 173 Å². The maximum atomic E-state index is 13.8. The molecule has 1 aromatic carbocycles. The molecule has 164 valence electrons. The van der Waals surface area contributed by atoms with Gasteiger partial charge in [0.25, 0.3) is 0 Å². The Morgan fingerprint density at radius 3 is 2.57 bits per heavy atom. The van der Waals surface area contributed by atoms with E-state index in [4.69, 9.17) is 4.74 Å². The Kier molecular flexibility index (Phi) is 5.68. The first-order valence-corrected chi connectivity index (χ1v) is 10.7. The summed E-state index contributed by atoms with van der Waals surface area (Å²) < 4.78 is 45.9. The van der Waals surface area contributed by atoms with Crippen molar-refractivity contribution in [2.45, 2.75) is 63.5 Å². The number of hydrogen-bond donors (Lipinski definition) is 1. The van der Waals surface area contributed by atoms with Crippen molar-refractivity contribution in [2.75, 3.05) is 13.1 Å². The van der Waals surface area contributed by atoms with Crippen molar-refractivity contribution in [1.29, 1.82) is 0 Å². The average Bonchev–Trinajstić information content (AvgIpc) is 2.72. The topological polar surface area (TPSA) is 58.6 Å². The Hall–Kier alpha value is -2.25. The van der Waals surface area contributed by atoms with Crippen LogP contribution in [0.3, 0.4) is 0 Å². The van der Waals surface area contributed by atoms with Crippen molar-refractivity contribution >= 4 is 11.8 Å². The van der Waals surface area contributed by atoms with Crippen LogP contribution >= 0.6 is 0 Å². The molecule has 2 amide bonds. The highest BCUT2D eigenvalue weighted by atomic mass is 19.2. The first-order valence-electron chi connectivity index (χ1n) is 10.7. The molecule has 2 heterocycles. The summed E-state index contributed by atoms with van der Waals surface area (Å²) in [4.78, 5) is 26.3. The van der Waals surface area contributed by atoms with E-state index in [1.165, 1.54) is 0 Å².